The lowest BCUT2D eigenvalue weighted by Crippen LogP contribution is -2.50. The molecule has 0 aliphatic heterocycles. The third-order valence-corrected chi connectivity index (χ3v) is 5.76. The molecular formula is C24H32N2O2S. The Kier molecular flexibility index (Phi) is 9.26. The second-order valence-corrected chi connectivity index (χ2v) is 8.62. The zero-order chi connectivity index (χ0) is 21.2. The number of rotatable bonds is 10. The van der Waals surface area contributed by atoms with Gasteiger partial charge in [0.25, 0.3) is 0 Å². The van der Waals surface area contributed by atoms with E-state index in [2.05, 4.69) is 5.32 Å². The van der Waals surface area contributed by atoms with Gasteiger partial charge in [-0.05, 0) is 50.5 Å². The zero-order valence-electron chi connectivity index (χ0n) is 17.9. The lowest BCUT2D eigenvalue weighted by atomic mass is 10.1. The first-order chi connectivity index (χ1) is 13.9. The number of carbonyl (C=O) groups is 2. The monoisotopic (exact) mass is 412 g/mol. The number of aryl methyl sites for hydroxylation is 1. The number of hydrogen-bond acceptors (Lipinski definition) is 3. The standard InChI is InChI=1S/C24H32N2O2S/c1-5-22(24(28)25-18(2)3)26(17-20-12-10-9-11-19(20)4)23(27)15-16-29-21-13-7-6-8-14-21/h6-14,18,22H,5,15-17H2,1-4H3,(H,25,28). The highest BCUT2D eigenvalue weighted by Crippen LogP contribution is 2.21. The van der Waals surface area contributed by atoms with Gasteiger partial charge in [-0.1, -0.05) is 49.4 Å². The van der Waals surface area contributed by atoms with Gasteiger partial charge in [0.05, 0.1) is 0 Å². The average molecular weight is 413 g/mol. The van der Waals surface area contributed by atoms with Crippen LogP contribution in [0.5, 0.6) is 0 Å². The molecule has 1 atom stereocenters. The number of nitrogens with zero attached hydrogens (tertiary/aromatic N) is 1. The molecule has 2 aromatic rings. The fourth-order valence-corrected chi connectivity index (χ4v) is 4.05. The molecule has 0 aromatic heterocycles. The number of amides is 2. The first-order valence-electron chi connectivity index (χ1n) is 10.2. The van der Waals surface area contributed by atoms with E-state index in [0.717, 1.165) is 16.0 Å². The SMILES string of the molecule is CCC(C(=O)NC(C)C)N(Cc1ccccc1C)C(=O)CCSc1ccccc1. The Morgan fingerprint density at radius 3 is 2.31 bits per heavy atom. The van der Waals surface area contributed by atoms with E-state index >= 15 is 0 Å². The minimum Gasteiger partial charge on any atom is -0.352 e. The molecule has 5 heteroatoms. The second kappa shape index (κ2) is 11.7. The first-order valence-corrected chi connectivity index (χ1v) is 11.2. The van der Waals surface area contributed by atoms with Crippen LogP contribution in [0.3, 0.4) is 0 Å². The van der Waals surface area contributed by atoms with Crippen LogP contribution >= 0.6 is 11.8 Å². The molecule has 0 spiro atoms. The van der Waals surface area contributed by atoms with Gasteiger partial charge in [0.15, 0.2) is 0 Å². The minimum absolute atomic E-state index is 0.0161. The molecule has 2 aromatic carbocycles. The van der Waals surface area contributed by atoms with Crippen LogP contribution < -0.4 is 5.32 Å². The van der Waals surface area contributed by atoms with E-state index in [-0.39, 0.29) is 17.9 Å². The topological polar surface area (TPSA) is 49.4 Å². The van der Waals surface area contributed by atoms with E-state index < -0.39 is 6.04 Å². The van der Waals surface area contributed by atoms with Gasteiger partial charge in [-0.15, -0.1) is 11.8 Å². The normalized spacial score (nSPS) is 11.9. The largest absolute Gasteiger partial charge is 0.352 e. The highest BCUT2D eigenvalue weighted by atomic mass is 32.2. The zero-order valence-corrected chi connectivity index (χ0v) is 18.7. The molecule has 0 saturated carbocycles. The molecule has 0 saturated heterocycles. The summed E-state index contributed by atoms with van der Waals surface area (Å²) in [5.41, 5.74) is 2.20. The predicted octanol–water partition coefficient (Wildman–Crippen LogP) is 4.81. The summed E-state index contributed by atoms with van der Waals surface area (Å²) in [4.78, 5) is 28.9. The van der Waals surface area contributed by atoms with Gasteiger partial charge < -0.3 is 10.2 Å². The van der Waals surface area contributed by atoms with E-state index in [0.29, 0.717) is 25.1 Å². The summed E-state index contributed by atoms with van der Waals surface area (Å²) in [6.45, 7) is 8.33. The van der Waals surface area contributed by atoms with Crippen molar-refractivity contribution in [3.05, 3.63) is 65.7 Å². The van der Waals surface area contributed by atoms with Crippen LogP contribution in [0.1, 0.15) is 44.7 Å². The number of benzene rings is 2. The highest BCUT2D eigenvalue weighted by Gasteiger charge is 2.28. The molecule has 2 rings (SSSR count). The molecule has 0 radical (unpaired) electrons. The third-order valence-electron chi connectivity index (χ3n) is 4.75. The van der Waals surface area contributed by atoms with E-state index in [4.69, 9.17) is 0 Å². The summed E-state index contributed by atoms with van der Waals surface area (Å²) in [5.74, 6) is 0.623. The Morgan fingerprint density at radius 2 is 1.69 bits per heavy atom. The van der Waals surface area contributed by atoms with Crippen LogP contribution in [0.2, 0.25) is 0 Å². The Labute approximate surface area is 179 Å². The van der Waals surface area contributed by atoms with Crippen LogP contribution in [0.25, 0.3) is 0 Å². The molecule has 0 heterocycles. The van der Waals surface area contributed by atoms with E-state index in [1.54, 1.807) is 16.7 Å². The molecule has 29 heavy (non-hydrogen) atoms. The summed E-state index contributed by atoms with van der Waals surface area (Å²) in [6.07, 6.45) is 0.985. The maximum absolute atomic E-state index is 13.2. The minimum atomic E-state index is -0.466. The summed E-state index contributed by atoms with van der Waals surface area (Å²) >= 11 is 1.67. The van der Waals surface area contributed by atoms with Crippen molar-refractivity contribution in [1.82, 2.24) is 10.2 Å². The Bertz CT molecular complexity index is 792. The van der Waals surface area contributed by atoms with Gasteiger partial charge in [0, 0.05) is 29.7 Å². The summed E-state index contributed by atoms with van der Waals surface area (Å²) < 4.78 is 0. The van der Waals surface area contributed by atoms with Crippen LogP contribution in [-0.2, 0) is 16.1 Å². The van der Waals surface area contributed by atoms with Crippen molar-refractivity contribution >= 4 is 23.6 Å². The number of carbonyl (C=O) groups excluding carboxylic acids is 2. The van der Waals surface area contributed by atoms with Crippen LogP contribution in [0.4, 0.5) is 0 Å². The van der Waals surface area contributed by atoms with Crippen LogP contribution in [-0.4, -0.2) is 34.6 Å². The molecular weight excluding hydrogens is 380 g/mol. The maximum Gasteiger partial charge on any atom is 0.243 e. The molecule has 1 N–H and O–H groups in total. The molecule has 0 fully saturated rings. The van der Waals surface area contributed by atoms with Crippen molar-refractivity contribution in [3.63, 3.8) is 0 Å². The Balaban J connectivity index is 2.14. The van der Waals surface area contributed by atoms with Crippen molar-refractivity contribution in [2.75, 3.05) is 5.75 Å². The summed E-state index contributed by atoms with van der Waals surface area (Å²) in [7, 11) is 0. The van der Waals surface area contributed by atoms with Crippen molar-refractivity contribution in [2.24, 2.45) is 0 Å². The van der Waals surface area contributed by atoms with Crippen molar-refractivity contribution in [1.29, 1.82) is 0 Å². The van der Waals surface area contributed by atoms with Gasteiger partial charge in [0.1, 0.15) is 6.04 Å². The lowest BCUT2D eigenvalue weighted by molar-refractivity contribution is -0.141. The van der Waals surface area contributed by atoms with Crippen molar-refractivity contribution in [3.8, 4) is 0 Å². The van der Waals surface area contributed by atoms with Gasteiger partial charge >= 0.3 is 0 Å². The quantitative estimate of drug-likeness (QED) is 0.570. The summed E-state index contributed by atoms with van der Waals surface area (Å²) in [6, 6.07) is 17.7. The number of hydrogen-bond donors (Lipinski definition) is 1. The predicted molar refractivity (Wildman–Crippen MR) is 121 cm³/mol. The van der Waals surface area contributed by atoms with Crippen LogP contribution in [0.15, 0.2) is 59.5 Å². The fourth-order valence-electron chi connectivity index (χ4n) is 3.19. The summed E-state index contributed by atoms with van der Waals surface area (Å²) in [5, 5.41) is 2.97. The van der Waals surface area contributed by atoms with Gasteiger partial charge in [-0.25, -0.2) is 0 Å². The molecule has 0 aliphatic rings. The smallest absolute Gasteiger partial charge is 0.243 e. The number of nitrogens with one attached hydrogen (secondary N) is 1. The van der Waals surface area contributed by atoms with Crippen molar-refractivity contribution in [2.45, 2.75) is 64.1 Å². The van der Waals surface area contributed by atoms with Gasteiger partial charge in [-0.2, -0.15) is 0 Å². The first kappa shape index (κ1) is 23.0. The van der Waals surface area contributed by atoms with Crippen molar-refractivity contribution < 1.29 is 9.59 Å². The molecule has 1 unspecified atom stereocenters. The molecule has 156 valence electrons. The van der Waals surface area contributed by atoms with E-state index in [1.165, 1.54) is 0 Å². The Morgan fingerprint density at radius 1 is 1.03 bits per heavy atom. The highest BCUT2D eigenvalue weighted by molar-refractivity contribution is 7.99. The number of thioether (sulfide) groups is 1. The second-order valence-electron chi connectivity index (χ2n) is 7.45. The molecule has 0 aliphatic carbocycles. The Hall–Kier alpha value is -2.27. The molecule has 4 nitrogen and oxygen atoms in total. The van der Waals surface area contributed by atoms with E-state index in [9.17, 15) is 9.59 Å². The lowest BCUT2D eigenvalue weighted by Gasteiger charge is -2.31. The fraction of sp³-hybridized carbons (Fsp3) is 0.417. The molecule has 0 bridgehead atoms. The van der Waals surface area contributed by atoms with E-state index in [1.807, 2.05) is 82.3 Å². The van der Waals surface area contributed by atoms with Gasteiger partial charge in [-0.3, -0.25) is 9.59 Å². The third kappa shape index (κ3) is 7.24. The molecule has 2 amide bonds. The van der Waals surface area contributed by atoms with Gasteiger partial charge in [0.2, 0.25) is 11.8 Å². The maximum atomic E-state index is 13.2. The average Bonchev–Trinajstić information content (AvgIpc) is 2.69. The van der Waals surface area contributed by atoms with Crippen LogP contribution in [0, 0.1) is 6.92 Å².